The van der Waals surface area contributed by atoms with Crippen molar-refractivity contribution in [2.24, 2.45) is 5.10 Å². The van der Waals surface area contributed by atoms with Gasteiger partial charge in [-0.1, -0.05) is 102 Å². The maximum Gasteiger partial charge on any atom is 0.212 e. The molecule has 0 saturated heterocycles. The van der Waals surface area contributed by atoms with E-state index in [1.165, 1.54) is 5.56 Å². The van der Waals surface area contributed by atoms with E-state index in [2.05, 4.69) is 27.4 Å². The van der Waals surface area contributed by atoms with Gasteiger partial charge in [-0.25, -0.2) is 0 Å². The van der Waals surface area contributed by atoms with Crippen molar-refractivity contribution >= 4 is 41.2 Å². The van der Waals surface area contributed by atoms with Crippen LogP contribution in [0.5, 0.6) is 0 Å². The van der Waals surface area contributed by atoms with Crippen molar-refractivity contribution in [3.63, 3.8) is 0 Å². The summed E-state index contributed by atoms with van der Waals surface area (Å²) in [5.74, 6) is 1.45. The van der Waals surface area contributed by atoms with Crippen molar-refractivity contribution in [3.05, 3.63) is 100 Å². The van der Waals surface area contributed by atoms with E-state index in [-0.39, 0.29) is 0 Å². The Balaban J connectivity index is 1.67. The molecule has 1 heterocycles. The van der Waals surface area contributed by atoms with E-state index in [0.717, 1.165) is 16.9 Å². The van der Waals surface area contributed by atoms with Gasteiger partial charge >= 0.3 is 0 Å². The van der Waals surface area contributed by atoms with Crippen LogP contribution in [0.2, 0.25) is 10.0 Å². The molecular weight excluding hydrogens is 423 g/mol. The Kier molecular flexibility index (Phi) is 6.30. The Morgan fingerprint density at radius 2 is 1.59 bits per heavy atom. The van der Waals surface area contributed by atoms with Gasteiger partial charge in [-0.15, -0.1) is 10.2 Å². The Hall–Kier alpha value is -2.60. The third kappa shape index (κ3) is 4.88. The molecule has 4 rings (SSSR count). The Morgan fingerprint density at radius 3 is 2.31 bits per heavy atom. The largest absolute Gasteiger partial charge is 0.212 e. The van der Waals surface area contributed by atoms with Gasteiger partial charge in [-0.2, -0.15) is 9.78 Å². The van der Waals surface area contributed by atoms with Crippen LogP contribution in [0.3, 0.4) is 0 Å². The highest BCUT2D eigenvalue weighted by Crippen LogP contribution is 2.27. The summed E-state index contributed by atoms with van der Waals surface area (Å²) in [5.41, 5.74) is 2.99. The molecule has 4 aromatic rings. The summed E-state index contributed by atoms with van der Waals surface area (Å²) in [7, 11) is 0. The first-order chi connectivity index (χ1) is 14.2. The molecular formula is C22H16Cl2N4S. The highest BCUT2D eigenvalue weighted by atomic mass is 35.5. The number of rotatable bonds is 6. The first-order valence-corrected chi connectivity index (χ1v) is 10.6. The Morgan fingerprint density at radius 1 is 0.862 bits per heavy atom. The average Bonchev–Trinajstić information content (AvgIpc) is 3.17. The number of aromatic nitrogens is 3. The predicted molar refractivity (Wildman–Crippen MR) is 121 cm³/mol. The highest BCUT2D eigenvalue weighted by Gasteiger charge is 2.14. The van der Waals surface area contributed by atoms with Crippen LogP contribution in [0.15, 0.2) is 89.1 Å². The Bertz CT molecular complexity index is 1130. The quantitative estimate of drug-likeness (QED) is 0.257. The molecule has 0 aliphatic rings. The topological polar surface area (TPSA) is 43.1 Å². The van der Waals surface area contributed by atoms with Crippen LogP contribution in [0.25, 0.3) is 11.4 Å². The molecule has 0 saturated carbocycles. The van der Waals surface area contributed by atoms with E-state index in [0.29, 0.717) is 21.0 Å². The van der Waals surface area contributed by atoms with E-state index < -0.39 is 0 Å². The molecule has 0 N–H and O–H groups in total. The summed E-state index contributed by atoms with van der Waals surface area (Å²) in [4.78, 5) is 0. The molecule has 1 aromatic heterocycles. The maximum atomic E-state index is 6.12. The van der Waals surface area contributed by atoms with Gasteiger partial charge in [-0.3, -0.25) is 0 Å². The second-order valence-corrected chi connectivity index (χ2v) is 7.93. The van der Waals surface area contributed by atoms with Crippen LogP contribution < -0.4 is 0 Å². The van der Waals surface area contributed by atoms with Crippen LogP contribution in [-0.2, 0) is 5.75 Å². The third-order valence-electron chi connectivity index (χ3n) is 4.12. The monoisotopic (exact) mass is 438 g/mol. The van der Waals surface area contributed by atoms with Gasteiger partial charge < -0.3 is 0 Å². The minimum atomic E-state index is 0.487. The Labute approximate surface area is 183 Å². The molecule has 0 atom stereocenters. The lowest BCUT2D eigenvalue weighted by Gasteiger charge is -2.05. The van der Waals surface area contributed by atoms with E-state index in [1.807, 2.05) is 54.6 Å². The molecule has 29 heavy (non-hydrogen) atoms. The van der Waals surface area contributed by atoms with Crippen LogP contribution in [0, 0.1) is 0 Å². The lowest BCUT2D eigenvalue weighted by molar-refractivity contribution is 0.772. The molecule has 0 aliphatic carbocycles. The number of hydrogen-bond acceptors (Lipinski definition) is 4. The molecule has 0 fully saturated rings. The SMILES string of the molecule is Clc1ccc(C=Nn2c(SCc3ccccc3)nnc2-c2ccccc2)cc1Cl. The van der Waals surface area contributed by atoms with E-state index in [1.54, 1.807) is 34.8 Å². The molecule has 7 heteroatoms. The summed E-state index contributed by atoms with van der Waals surface area (Å²) in [6.45, 7) is 0. The van der Waals surface area contributed by atoms with Gasteiger partial charge in [0.15, 0.2) is 5.82 Å². The van der Waals surface area contributed by atoms with Gasteiger partial charge in [0.1, 0.15) is 0 Å². The second kappa shape index (κ2) is 9.27. The summed E-state index contributed by atoms with van der Waals surface area (Å²) in [6.07, 6.45) is 1.73. The van der Waals surface area contributed by atoms with Gasteiger partial charge in [0.2, 0.25) is 5.16 Å². The highest BCUT2D eigenvalue weighted by molar-refractivity contribution is 7.98. The molecule has 0 aliphatic heterocycles. The first kappa shape index (κ1) is 19.7. The minimum absolute atomic E-state index is 0.487. The molecule has 4 nitrogen and oxygen atoms in total. The van der Waals surface area contributed by atoms with Crippen molar-refractivity contribution in [2.45, 2.75) is 10.9 Å². The zero-order valence-corrected chi connectivity index (χ0v) is 17.6. The second-order valence-electron chi connectivity index (χ2n) is 6.18. The van der Waals surface area contributed by atoms with Gasteiger partial charge in [-0.05, 0) is 23.3 Å². The fourth-order valence-electron chi connectivity index (χ4n) is 2.67. The van der Waals surface area contributed by atoms with E-state index >= 15 is 0 Å². The average molecular weight is 439 g/mol. The predicted octanol–water partition coefficient (Wildman–Crippen LogP) is 6.43. The van der Waals surface area contributed by atoms with Crippen molar-refractivity contribution in [3.8, 4) is 11.4 Å². The molecule has 144 valence electrons. The summed E-state index contributed by atoms with van der Waals surface area (Å²) in [5, 5.41) is 15.1. The third-order valence-corrected chi connectivity index (χ3v) is 5.85. The summed E-state index contributed by atoms with van der Waals surface area (Å²) < 4.78 is 1.76. The normalized spacial score (nSPS) is 11.2. The van der Waals surface area contributed by atoms with Gasteiger partial charge in [0, 0.05) is 11.3 Å². The van der Waals surface area contributed by atoms with Gasteiger partial charge in [0.25, 0.3) is 0 Å². The van der Waals surface area contributed by atoms with Crippen LogP contribution in [0.1, 0.15) is 11.1 Å². The van der Waals surface area contributed by atoms with E-state index in [4.69, 9.17) is 23.2 Å². The van der Waals surface area contributed by atoms with Crippen molar-refractivity contribution in [2.75, 3.05) is 0 Å². The number of thioether (sulfide) groups is 1. The lowest BCUT2D eigenvalue weighted by Crippen LogP contribution is -1.97. The lowest BCUT2D eigenvalue weighted by atomic mass is 10.2. The molecule has 3 aromatic carbocycles. The fourth-order valence-corrected chi connectivity index (χ4v) is 3.82. The first-order valence-electron chi connectivity index (χ1n) is 8.88. The number of nitrogens with zero attached hydrogens (tertiary/aromatic N) is 4. The van der Waals surface area contributed by atoms with Crippen LogP contribution in [-0.4, -0.2) is 21.1 Å². The van der Waals surface area contributed by atoms with Crippen molar-refractivity contribution in [1.29, 1.82) is 0 Å². The summed E-state index contributed by atoms with van der Waals surface area (Å²) in [6, 6.07) is 25.5. The van der Waals surface area contributed by atoms with Gasteiger partial charge in [0.05, 0.1) is 16.3 Å². The zero-order valence-electron chi connectivity index (χ0n) is 15.2. The standard InChI is InChI=1S/C22H16Cl2N4S/c23-19-12-11-17(13-20(19)24)14-25-28-21(18-9-5-2-6-10-18)26-27-22(28)29-15-16-7-3-1-4-8-16/h1-14H,15H2. The summed E-state index contributed by atoms with van der Waals surface area (Å²) >= 11 is 13.7. The zero-order chi connectivity index (χ0) is 20.1. The van der Waals surface area contributed by atoms with Crippen LogP contribution in [0.4, 0.5) is 0 Å². The van der Waals surface area contributed by atoms with E-state index in [9.17, 15) is 0 Å². The van der Waals surface area contributed by atoms with Crippen molar-refractivity contribution < 1.29 is 0 Å². The van der Waals surface area contributed by atoms with Crippen molar-refractivity contribution in [1.82, 2.24) is 14.9 Å². The number of benzene rings is 3. The molecule has 0 spiro atoms. The molecule has 0 unspecified atom stereocenters. The molecule has 0 bridgehead atoms. The smallest absolute Gasteiger partial charge is 0.187 e. The maximum absolute atomic E-state index is 6.12. The molecule has 0 amide bonds. The minimum Gasteiger partial charge on any atom is -0.187 e. The number of halogens is 2. The number of hydrogen-bond donors (Lipinski definition) is 0. The fraction of sp³-hybridized carbons (Fsp3) is 0.0455. The van der Waals surface area contributed by atoms with Crippen LogP contribution >= 0.6 is 35.0 Å². The molecule has 0 radical (unpaired) electrons.